The van der Waals surface area contributed by atoms with Gasteiger partial charge in [0.2, 0.25) is 10.0 Å². The van der Waals surface area contributed by atoms with Crippen molar-refractivity contribution in [3.05, 3.63) is 59.9 Å². The van der Waals surface area contributed by atoms with Crippen molar-refractivity contribution in [3.63, 3.8) is 0 Å². The number of aromatic nitrogens is 4. The number of nitrogens with one attached hydrogen (secondary N) is 1. The third-order valence-corrected chi connectivity index (χ3v) is 6.82. The second kappa shape index (κ2) is 7.54. The minimum Gasteiger partial charge on any atom is -0.497 e. The molecule has 1 atom stereocenters. The zero-order chi connectivity index (χ0) is 20.6. The molecule has 0 aliphatic carbocycles. The fourth-order valence-corrected chi connectivity index (χ4v) is 5.18. The number of methoxy groups -OCH3 is 1. The van der Waals surface area contributed by atoms with Crippen molar-refractivity contribution >= 4 is 32.8 Å². The largest absolute Gasteiger partial charge is 0.497 e. The second-order valence-electron chi connectivity index (χ2n) is 6.53. The van der Waals surface area contributed by atoms with Crippen LogP contribution in [0.4, 0.5) is 0 Å². The Bertz CT molecular complexity index is 1260. The van der Waals surface area contributed by atoms with Crippen LogP contribution in [0.1, 0.15) is 24.2 Å². The summed E-state index contributed by atoms with van der Waals surface area (Å²) in [4.78, 5) is 0.121. The Morgan fingerprint density at radius 3 is 2.62 bits per heavy atom. The third kappa shape index (κ3) is 3.61. The Labute approximate surface area is 172 Å². The Morgan fingerprint density at radius 1 is 1.14 bits per heavy atom. The standard InChI is InChI=1S/C19H19N5O3S2/c1-12(23-29(25,26)18-6-4-5-17-19(18)22-28-21-17)16-11-20-24(13(16)2)14-7-9-15(27-3)10-8-14/h4-12,23H,1-3H3/t12-/m1/s1. The summed E-state index contributed by atoms with van der Waals surface area (Å²) in [5.41, 5.74) is 3.44. The first kappa shape index (κ1) is 19.5. The predicted octanol–water partition coefficient (Wildman–Crippen LogP) is 3.23. The van der Waals surface area contributed by atoms with Gasteiger partial charge in [-0.15, -0.1) is 0 Å². The number of sulfonamides is 1. The van der Waals surface area contributed by atoms with Crippen molar-refractivity contribution < 1.29 is 13.2 Å². The van der Waals surface area contributed by atoms with E-state index in [1.54, 1.807) is 37.0 Å². The SMILES string of the molecule is COc1ccc(-n2ncc([C@@H](C)NS(=O)(=O)c3cccc4nsnc34)c2C)cc1. The molecule has 0 saturated heterocycles. The molecular formula is C19H19N5O3S2. The summed E-state index contributed by atoms with van der Waals surface area (Å²) in [5.74, 6) is 0.755. The van der Waals surface area contributed by atoms with Gasteiger partial charge >= 0.3 is 0 Å². The summed E-state index contributed by atoms with van der Waals surface area (Å²) in [5, 5.41) is 4.43. The Morgan fingerprint density at radius 2 is 1.90 bits per heavy atom. The highest BCUT2D eigenvalue weighted by Gasteiger charge is 2.24. The normalized spacial score (nSPS) is 12.9. The number of fused-ring (bicyclic) bond motifs is 1. The second-order valence-corrected chi connectivity index (χ2v) is 8.74. The predicted molar refractivity (Wildman–Crippen MR) is 111 cm³/mol. The lowest BCUT2D eigenvalue weighted by molar-refractivity contribution is 0.414. The summed E-state index contributed by atoms with van der Waals surface area (Å²) in [6.07, 6.45) is 1.68. The molecule has 0 amide bonds. The van der Waals surface area contributed by atoms with Gasteiger partial charge in [-0.2, -0.15) is 13.8 Å². The molecule has 8 nitrogen and oxygen atoms in total. The van der Waals surface area contributed by atoms with Crippen LogP contribution in [0.25, 0.3) is 16.7 Å². The molecule has 0 aliphatic heterocycles. The maximum atomic E-state index is 13.0. The van der Waals surface area contributed by atoms with E-state index in [1.165, 1.54) is 6.07 Å². The van der Waals surface area contributed by atoms with E-state index in [0.717, 1.165) is 34.4 Å². The van der Waals surface area contributed by atoms with Gasteiger partial charge in [-0.1, -0.05) is 6.07 Å². The van der Waals surface area contributed by atoms with Crippen molar-refractivity contribution in [2.75, 3.05) is 7.11 Å². The van der Waals surface area contributed by atoms with Gasteiger partial charge in [0.1, 0.15) is 21.7 Å². The number of rotatable bonds is 6. The number of hydrogen-bond acceptors (Lipinski definition) is 7. The van der Waals surface area contributed by atoms with E-state index < -0.39 is 16.1 Å². The molecule has 10 heteroatoms. The average Bonchev–Trinajstić information content (AvgIpc) is 3.34. The Balaban J connectivity index is 1.62. The van der Waals surface area contributed by atoms with Crippen LogP contribution in [0.3, 0.4) is 0 Å². The van der Waals surface area contributed by atoms with Crippen LogP contribution in [0.15, 0.2) is 53.6 Å². The summed E-state index contributed by atoms with van der Waals surface area (Å²) in [6.45, 7) is 3.70. The molecule has 2 aromatic carbocycles. The van der Waals surface area contributed by atoms with Gasteiger partial charge < -0.3 is 4.74 Å². The highest BCUT2D eigenvalue weighted by Crippen LogP contribution is 2.25. The quantitative estimate of drug-likeness (QED) is 0.505. The van der Waals surface area contributed by atoms with Crippen LogP contribution < -0.4 is 9.46 Å². The molecular weight excluding hydrogens is 410 g/mol. The van der Waals surface area contributed by atoms with Crippen LogP contribution in [-0.4, -0.2) is 34.1 Å². The lowest BCUT2D eigenvalue weighted by Gasteiger charge is -2.15. The van der Waals surface area contributed by atoms with Crippen LogP contribution >= 0.6 is 11.7 Å². The minimum atomic E-state index is -3.78. The zero-order valence-electron chi connectivity index (χ0n) is 16.0. The van der Waals surface area contributed by atoms with Crippen LogP contribution in [-0.2, 0) is 10.0 Å². The molecule has 4 aromatic rings. The first-order valence-electron chi connectivity index (χ1n) is 8.83. The van der Waals surface area contributed by atoms with Gasteiger partial charge in [0.15, 0.2) is 0 Å². The summed E-state index contributed by atoms with van der Waals surface area (Å²) >= 11 is 0.990. The van der Waals surface area contributed by atoms with E-state index in [4.69, 9.17) is 4.74 Å². The number of benzene rings is 2. The van der Waals surface area contributed by atoms with Gasteiger partial charge in [-0.25, -0.2) is 17.8 Å². The van der Waals surface area contributed by atoms with Gasteiger partial charge in [0, 0.05) is 17.3 Å². The van der Waals surface area contributed by atoms with E-state index in [9.17, 15) is 8.42 Å². The number of nitrogens with zero attached hydrogens (tertiary/aromatic N) is 4. The van der Waals surface area contributed by atoms with Crippen molar-refractivity contribution in [1.82, 2.24) is 23.2 Å². The Kier molecular flexibility index (Phi) is 5.07. The summed E-state index contributed by atoms with van der Waals surface area (Å²) in [6, 6.07) is 12.0. The van der Waals surface area contributed by atoms with Crippen molar-refractivity contribution in [2.24, 2.45) is 0 Å². The highest BCUT2D eigenvalue weighted by atomic mass is 32.2. The third-order valence-electron chi connectivity index (χ3n) is 4.70. The lowest BCUT2D eigenvalue weighted by Crippen LogP contribution is -2.27. The summed E-state index contributed by atoms with van der Waals surface area (Å²) < 4.78 is 43.9. The van der Waals surface area contributed by atoms with E-state index in [2.05, 4.69) is 18.6 Å². The van der Waals surface area contributed by atoms with E-state index >= 15 is 0 Å². The van der Waals surface area contributed by atoms with Gasteiger partial charge in [-0.3, -0.25) is 0 Å². The molecule has 0 fully saturated rings. The number of ether oxygens (including phenoxy) is 1. The molecule has 1 N–H and O–H groups in total. The molecule has 0 saturated carbocycles. The molecule has 2 aromatic heterocycles. The summed E-state index contributed by atoms with van der Waals surface area (Å²) in [7, 11) is -2.17. The van der Waals surface area contributed by atoms with Gasteiger partial charge in [0.05, 0.1) is 30.7 Å². The van der Waals surface area contributed by atoms with Crippen molar-refractivity contribution in [3.8, 4) is 11.4 Å². The average molecular weight is 430 g/mol. The van der Waals surface area contributed by atoms with Crippen molar-refractivity contribution in [2.45, 2.75) is 24.8 Å². The zero-order valence-corrected chi connectivity index (χ0v) is 17.7. The molecule has 0 aliphatic rings. The maximum Gasteiger partial charge on any atom is 0.243 e. The molecule has 0 bridgehead atoms. The maximum absolute atomic E-state index is 13.0. The van der Waals surface area contributed by atoms with Crippen LogP contribution in [0.5, 0.6) is 5.75 Å². The van der Waals surface area contributed by atoms with E-state index in [1.807, 2.05) is 31.2 Å². The van der Waals surface area contributed by atoms with E-state index in [0.29, 0.717) is 11.0 Å². The topological polar surface area (TPSA) is 99.0 Å². The number of hydrogen-bond donors (Lipinski definition) is 1. The molecule has 0 unspecified atom stereocenters. The molecule has 2 heterocycles. The fraction of sp³-hybridized carbons (Fsp3) is 0.211. The molecule has 150 valence electrons. The van der Waals surface area contributed by atoms with Crippen LogP contribution in [0.2, 0.25) is 0 Å². The molecule has 0 radical (unpaired) electrons. The van der Waals surface area contributed by atoms with Gasteiger partial charge in [0.25, 0.3) is 0 Å². The fourth-order valence-electron chi connectivity index (χ4n) is 3.19. The Hall–Kier alpha value is -2.82. The highest BCUT2D eigenvalue weighted by molar-refractivity contribution is 7.89. The first-order chi connectivity index (χ1) is 13.9. The minimum absolute atomic E-state index is 0.121. The smallest absolute Gasteiger partial charge is 0.243 e. The lowest BCUT2D eigenvalue weighted by atomic mass is 10.1. The van der Waals surface area contributed by atoms with Crippen molar-refractivity contribution in [1.29, 1.82) is 0 Å². The first-order valence-corrected chi connectivity index (χ1v) is 11.0. The van der Waals surface area contributed by atoms with Crippen LogP contribution in [0, 0.1) is 6.92 Å². The molecule has 29 heavy (non-hydrogen) atoms. The molecule has 0 spiro atoms. The van der Waals surface area contributed by atoms with Gasteiger partial charge in [-0.05, 0) is 50.2 Å². The molecule has 4 rings (SSSR count). The monoisotopic (exact) mass is 429 g/mol. The van der Waals surface area contributed by atoms with E-state index in [-0.39, 0.29) is 4.90 Å².